The number of nitrogens with zero attached hydrogens (tertiary/aromatic N) is 1. The highest BCUT2D eigenvalue weighted by atomic mass is 32.1. The first-order valence-corrected chi connectivity index (χ1v) is 9.37. The van der Waals surface area contributed by atoms with Gasteiger partial charge in [0.25, 0.3) is 0 Å². The Kier molecular flexibility index (Phi) is 4.66. The molecule has 0 amide bonds. The highest BCUT2D eigenvalue weighted by Crippen LogP contribution is 2.40. The van der Waals surface area contributed by atoms with Crippen molar-refractivity contribution in [2.45, 2.75) is 45.2 Å². The molecule has 0 aliphatic carbocycles. The van der Waals surface area contributed by atoms with Crippen molar-refractivity contribution in [3.63, 3.8) is 0 Å². The zero-order valence-corrected chi connectivity index (χ0v) is 14.5. The van der Waals surface area contributed by atoms with E-state index < -0.39 is 5.97 Å². The molecule has 1 fully saturated rings. The molecular weight excluding hydrogens is 314 g/mol. The molecule has 2 atom stereocenters. The van der Waals surface area contributed by atoms with Gasteiger partial charge in [0, 0.05) is 26.1 Å². The van der Waals surface area contributed by atoms with E-state index in [9.17, 15) is 9.90 Å². The quantitative estimate of drug-likeness (QED) is 0.884. The molecule has 1 aliphatic heterocycles. The first-order chi connectivity index (χ1) is 10.6. The third kappa shape index (κ3) is 2.98. The third-order valence-corrected chi connectivity index (χ3v) is 6.58. The molecule has 1 saturated heterocycles. The van der Waals surface area contributed by atoms with Gasteiger partial charge in [0.15, 0.2) is 0 Å². The lowest BCUT2D eigenvalue weighted by atomic mass is 10.1. The third-order valence-electron chi connectivity index (χ3n) is 4.24. The Labute approximate surface area is 139 Å². The number of hydrogen-bond acceptors (Lipinski definition) is 4. The van der Waals surface area contributed by atoms with E-state index in [4.69, 9.17) is 0 Å². The fourth-order valence-electron chi connectivity index (χ4n) is 3.16. The maximum absolute atomic E-state index is 11.6. The minimum absolute atomic E-state index is 0.0904. The second-order valence-corrected chi connectivity index (χ2v) is 8.26. The minimum atomic E-state index is -0.692. The van der Waals surface area contributed by atoms with Crippen LogP contribution >= 0.6 is 22.7 Å². The molecule has 118 valence electrons. The Morgan fingerprint density at radius 2 is 2.05 bits per heavy atom. The SMILES string of the molecule is CCc1ccc(C(c2ccc(C)s2)N2CCCC2C(=O)O)s1. The van der Waals surface area contributed by atoms with Crippen molar-refractivity contribution in [2.75, 3.05) is 6.54 Å². The van der Waals surface area contributed by atoms with Crippen LogP contribution in [0.2, 0.25) is 0 Å². The van der Waals surface area contributed by atoms with E-state index in [2.05, 4.69) is 43.0 Å². The number of carboxylic acid groups (broad SMARTS) is 1. The number of carbonyl (C=O) groups is 1. The maximum atomic E-state index is 11.6. The molecule has 0 aromatic carbocycles. The zero-order chi connectivity index (χ0) is 15.7. The maximum Gasteiger partial charge on any atom is 0.320 e. The second-order valence-electron chi connectivity index (χ2n) is 5.74. The fourth-order valence-corrected chi connectivity index (χ4v) is 5.35. The molecule has 1 aliphatic rings. The number of likely N-dealkylation sites (tertiary alicyclic amines) is 1. The highest BCUT2D eigenvalue weighted by Gasteiger charge is 2.37. The predicted molar refractivity (Wildman–Crippen MR) is 92.0 cm³/mol. The average molecular weight is 335 g/mol. The zero-order valence-electron chi connectivity index (χ0n) is 12.9. The molecule has 2 aromatic rings. The van der Waals surface area contributed by atoms with Crippen molar-refractivity contribution in [2.24, 2.45) is 0 Å². The van der Waals surface area contributed by atoms with Crippen LogP contribution in [0.15, 0.2) is 24.3 Å². The number of aliphatic carboxylic acids is 1. The average Bonchev–Trinajstić information content (AvgIpc) is 3.20. The molecule has 0 radical (unpaired) electrons. The van der Waals surface area contributed by atoms with Crippen LogP contribution in [0, 0.1) is 6.92 Å². The van der Waals surface area contributed by atoms with Gasteiger partial charge < -0.3 is 5.11 Å². The predicted octanol–water partition coefficient (Wildman–Crippen LogP) is 4.32. The standard InChI is InChI=1S/C17H21NO2S2/c1-3-12-7-9-15(22-12)16(14-8-6-11(2)21-14)18-10-4-5-13(18)17(19)20/h6-9,13,16H,3-5,10H2,1-2H3,(H,19,20). The topological polar surface area (TPSA) is 40.5 Å². The van der Waals surface area contributed by atoms with Crippen LogP contribution in [0.5, 0.6) is 0 Å². The molecule has 0 spiro atoms. The Morgan fingerprint density at radius 1 is 1.32 bits per heavy atom. The van der Waals surface area contributed by atoms with E-state index in [0.29, 0.717) is 0 Å². The second kappa shape index (κ2) is 6.52. The smallest absolute Gasteiger partial charge is 0.320 e. The number of rotatable bonds is 5. The molecule has 0 saturated carbocycles. The largest absolute Gasteiger partial charge is 0.480 e. The lowest BCUT2D eigenvalue weighted by molar-refractivity contribution is -0.142. The van der Waals surface area contributed by atoms with Gasteiger partial charge in [-0.15, -0.1) is 22.7 Å². The molecular formula is C17H21NO2S2. The number of thiophene rings is 2. The molecule has 22 heavy (non-hydrogen) atoms. The summed E-state index contributed by atoms with van der Waals surface area (Å²) < 4.78 is 0. The summed E-state index contributed by atoms with van der Waals surface area (Å²) in [6, 6.07) is 8.38. The normalized spacial score (nSPS) is 20.4. The van der Waals surface area contributed by atoms with Crippen molar-refractivity contribution in [1.82, 2.24) is 4.90 Å². The van der Waals surface area contributed by atoms with Crippen LogP contribution < -0.4 is 0 Å². The van der Waals surface area contributed by atoms with Gasteiger partial charge in [0.2, 0.25) is 0 Å². The van der Waals surface area contributed by atoms with Gasteiger partial charge in [-0.25, -0.2) is 0 Å². The van der Waals surface area contributed by atoms with Crippen LogP contribution in [-0.4, -0.2) is 28.6 Å². The molecule has 3 rings (SSSR count). The van der Waals surface area contributed by atoms with Crippen molar-refractivity contribution in [3.8, 4) is 0 Å². The van der Waals surface area contributed by atoms with E-state index in [1.165, 1.54) is 19.5 Å². The van der Waals surface area contributed by atoms with Crippen LogP contribution in [-0.2, 0) is 11.2 Å². The van der Waals surface area contributed by atoms with Crippen molar-refractivity contribution in [1.29, 1.82) is 0 Å². The Morgan fingerprint density at radius 3 is 2.64 bits per heavy atom. The van der Waals surface area contributed by atoms with E-state index in [1.54, 1.807) is 11.3 Å². The lowest BCUT2D eigenvalue weighted by Crippen LogP contribution is -2.38. The Bertz CT molecular complexity index is 661. The number of aryl methyl sites for hydroxylation is 2. The van der Waals surface area contributed by atoms with Gasteiger partial charge in [-0.05, 0) is 50.5 Å². The number of carboxylic acids is 1. The highest BCUT2D eigenvalue weighted by molar-refractivity contribution is 7.13. The molecule has 1 N–H and O–H groups in total. The summed E-state index contributed by atoms with van der Waals surface area (Å²) in [6.45, 7) is 5.13. The van der Waals surface area contributed by atoms with Gasteiger partial charge >= 0.3 is 5.97 Å². The van der Waals surface area contributed by atoms with Gasteiger partial charge in [0.1, 0.15) is 6.04 Å². The fraction of sp³-hybridized carbons (Fsp3) is 0.471. The monoisotopic (exact) mass is 335 g/mol. The lowest BCUT2D eigenvalue weighted by Gasteiger charge is -2.29. The van der Waals surface area contributed by atoms with E-state index in [-0.39, 0.29) is 12.1 Å². The van der Waals surface area contributed by atoms with E-state index in [0.717, 1.165) is 25.8 Å². The van der Waals surface area contributed by atoms with Crippen LogP contribution in [0.1, 0.15) is 45.3 Å². The summed E-state index contributed by atoms with van der Waals surface area (Å²) >= 11 is 3.60. The molecule has 2 unspecified atom stereocenters. The summed E-state index contributed by atoms with van der Waals surface area (Å²) in [7, 11) is 0. The summed E-state index contributed by atoms with van der Waals surface area (Å²) in [5.41, 5.74) is 0. The number of hydrogen-bond donors (Lipinski definition) is 1. The minimum Gasteiger partial charge on any atom is -0.480 e. The van der Waals surface area contributed by atoms with Crippen LogP contribution in [0.4, 0.5) is 0 Å². The summed E-state index contributed by atoms with van der Waals surface area (Å²) in [5, 5.41) is 9.55. The Hall–Kier alpha value is -1.17. The molecule has 5 heteroatoms. The van der Waals surface area contributed by atoms with Gasteiger partial charge in [-0.1, -0.05) is 6.92 Å². The van der Waals surface area contributed by atoms with Crippen molar-refractivity contribution in [3.05, 3.63) is 43.8 Å². The summed E-state index contributed by atoms with van der Waals surface area (Å²) in [5.74, 6) is -0.692. The van der Waals surface area contributed by atoms with Gasteiger partial charge in [-0.2, -0.15) is 0 Å². The molecule has 3 nitrogen and oxygen atoms in total. The molecule has 3 heterocycles. The van der Waals surface area contributed by atoms with Gasteiger partial charge in [-0.3, -0.25) is 9.69 Å². The molecule has 0 bridgehead atoms. The van der Waals surface area contributed by atoms with E-state index >= 15 is 0 Å². The first kappa shape index (κ1) is 15.7. The molecule has 2 aromatic heterocycles. The van der Waals surface area contributed by atoms with Crippen molar-refractivity contribution >= 4 is 28.6 Å². The van der Waals surface area contributed by atoms with Crippen LogP contribution in [0.3, 0.4) is 0 Å². The summed E-state index contributed by atoms with van der Waals surface area (Å²) in [4.78, 5) is 19.0. The first-order valence-electron chi connectivity index (χ1n) is 7.73. The van der Waals surface area contributed by atoms with E-state index in [1.807, 2.05) is 11.3 Å². The van der Waals surface area contributed by atoms with Crippen LogP contribution in [0.25, 0.3) is 0 Å². The van der Waals surface area contributed by atoms with Gasteiger partial charge in [0.05, 0.1) is 6.04 Å². The van der Waals surface area contributed by atoms with Crippen molar-refractivity contribution < 1.29 is 9.90 Å². The Balaban J connectivity index is 2.01. The summed E-state index contributed by atoms with van der Waals surface area (Å²) in [6.07, 6.45) is 2.75.